The minimum Gasteiger partial charge on any atom is -0.480 e. The molecule has 0 aliphatic heterocycles. The number of carbonyl (C=O) groups is 1. The van der Waals surface area contributed by atoms with E-state index in [-0.39, 0.29) is 6.61 Å². The lowest BCUT2D eigenvalue weighted by molar-refractivity contribution is -0.139. The van der Waals surface area contributed by atoms with Crippen molar-refractivity contribution in [2.45, 2.75) is 32.2 Å². The van der Waals surface area contributed by atoms with Crippen LogP contribution in [0.1, 0.15) is 26.2 Å². The molecule has 1 fully saturated rings. The zero-order valence-corrected chi connectivity index (χ0v) is 8.57. The van der Waals surface area contributed by atoms with Crippen molar-refractivity contribution in [3.63, 3.8) is 0 Å². The maximum absolute atomic E-state index is 10.5. The van der Waals surface area contributed by atoms with E-state index in [2.05, 4.69) is 5.32 Å². The van der Waals surface area contributed by atoms with Crippen LogP contribution in [0.5, 0.6) is 0 Å². The van der Waals surface area contributed by atoms with Gasteiger partial charge < -0.3 is 15.5 Å². The standard InChI is InChI=1S/C10H19NO3/c1-7(10(13)14)11-5-8-3-2-4-9(8)6-12/h7-9,11-12H,2-6H2,1H3,(H,13,14). The smallest absolute Gasteiger partial charge is 0.320 e. The van der Waals surface area contributed by atoms with Gasteiger partial charge in [0.15, 0.2) is 0 Å². The van der Waals surface area contributed by atoms with Gasteiger partial charge in [0.05, 0.1) is 0 Å². The summed E-state index contributed by atoms with van der Waals surface area (Å²) in [6, 6.07) is -0.491. The number of carboxylic acids is 1. The first-order valence-electron chi connectivity index (χ1n) is 5.22. The molecule has 1 aliphatic rings. The summed E-state index contributed by atoms with van der Waals surface area (Å²) < 4.78 is 0. The van der Waals surface area contributed by atoms with Gasteiger partial charge in [0, 0.05) is 6.61 Å². The molecule has 4 heteroatoms. The highest BCUT2D eigenvalue weighted by Gasteiger charge is 2.26. The molecule has 0 aromatic heterocycles. The molecule has 0 spiro atoms. The lowest BCUT2D eigenvalue weighted by atomic mass is 9.97. The predicted octanol–water partition coefficient (Wildman–Crippen LogP) is 0.458. The van der Waals surface area contributed by atoms with Gasteiger partial charge in [-0.3, -0.25) is 4.79 Å². The summed E-state index contributed by atoms with van der Waals surface area (Å²) in [5.41, 5.74) is 0. The summed E-state index contributed by atoms with van der Waals surface area (Å²) in [7, 11) is 0. The second-order valence-corrected chi connectivity index (χ2v) is 4.10. The lowest BCUT2D eigenvalue weighted by Crippen LogP contribution is -2.38. The van der Waals surface area contributed by atoms with E-state index in [1.165, 1.54) is 0 Å². The van der Waals surface area contributed by atoms with E-state index in [1.54, 1.807) is 6.92 Å². The molecule has 0 amide bonds. The Morgan fingerprint density at radius 2 is 2.14 bits per heavy atom. The van der Waals surface area contributed by atoms with E-state index in [4.69, 9.17) is 10.2 Å². The van der Waals surface area contributed by atoms with Crippen LogP contribution in [0.2, 0.25) is 0 Å². The highest BCUT2D eigenvalue weighted by molar-refractivity contribution is 5.72. The van der Waals surface area contributed by atoms with Crippen molar-refractivity contribution in [3.05, 3.63) is 0 Å². The summed E-state index contributed by atoms with van der Waals surface area (Å²) in [6.07, 6.45) is 3.33. The Bertz CT molecular complexity index is 196. The van der Waals surface area contributed by atoms with Gasteiger partial charge in [0.2, 0.25) is 0 Å². The van der Waals surface area contributed by atoms with E-state index in [0.717, 1.165) is 19.3 Å². The second kappa shape index (κ2) is 5.32. The first-order valence-corrected chi connectivity index (χ1v) is 5.22. The van der Waals surface area contributed by atoms with E-state index in [9.17, 15) is 4.79 Å². The molecule has 4 nitrogen and oxygen atoms in total. The van der Waals surface area contributed by atoms with Crippen LogP contribution in [0.25, 0.3) is 0 Å². The van der Waals surface area contributed by atoms with Crippen LogP contribution >= 0.6 is 0 Å². The Hall–Kier alpha value is -0.610. The Morgan fingerprint density at radius 1 is 1.50 bits per heavy atom. The molecule has 0 heterocycles. The Kier molecular flexibility index (Phi) is 4.35. The van der Waals surface area contributed by atoms with E-state index in [0.29, 0.717) is 18.4 Å². The Balaban J connectivity index is 2.26. The zero-order chi connectivity index (χ0) is 10.6. The number of nitrogens with one attached hydrogen (secondary N) is 1. The van der Waals surface area contributed by atoms with Crippen LogP contribution in [-0.4, -0.2) is 35.4 Å². The third-order valence-electron chi connectivity index (χ3n) is 3.11. The molecule has 82 valence electrons. The fourth-order valence-corrected chi connectivity index (χ4v) is 2.04. The molecular formula is C10H19NO3. The molecule has 0 aromatic rings. The molecule has 1 saturated carbocycles. The normalized spacial score (nSPS) is 29.0. The maximum Gasteiger partial charge on any atom is 0.320 e. The van der Waals surface area contributed by atoms with Gasteiger partial charge in [-0.1, -0.05) is 6.42 Å². The minimum atomic E-state index is -0.816. The van der Waals surface area contributed by atoms with Crippen molar-refractivity contribution in [1.82, 2.24) is 5.32 Å². The summed E-state index contributed by atoms with van der Waals surface area (Å²) in [5, 5.41) is 20.7. The van der Waals surface area contributed by atoms with Gasteiger partial charge in [-0.2, -0.15) is 0 Å². The molecule has 0 bridgehead atoms. The molecule has 0 aromatic carbocycles. The molecule has 1 aliphatic carbocycles. The average Bonchev–Trinajstić information content (AvgIpc) is 2.60. The molecular weight excluding hydrogens is 182 g/mol. The van der Waals surface area contributed by atoms with Crippen molar-refractivity contribution < 1.29 is 15.0 Å². The van der Waals surface area contributed by atoms with Crippen LogP contribution in [0, 0.1) is 11.8 Å². The van der Waals surface area contributed by atoms with Gasteiger partial charge >= 0.3 is 5.97 Å². The first-order chi connectivity index (χ1) is 6.65. The average molecular weight is 201 g/mol. The number of aliphatic carboxylic acids is 1. The fraction of sp³-hybridized carbons (Fsp3) is 0.900. The molecule has 3 unspecified atom stereocenters. The number of hydrogen-bond donors (Lipinski definition) is 3. The van der Waals surface area contributed by atoms with Gasteiger partial charge in [0.1, 0.15) is 6.04 Å². The van der Waals surface area contributed by atoms with E-state index in [1.807, 2.05) is 0 Å². The van der Waals surface area contributed by atoms with Crippen LogP contribution in [0.15, 0.2) is 0 Å². The molecule has 14 heavy (non-hydrogen) atoms. The van der Waals surface area contributed by atoms with Crippen LogP contribution in [0.3, 0.4) is 0 Å². The monoisotopic (exact) mass is 201 g/mol. The van der Waals surface area contributed by atoms with Gasteiger partial charge in [-0.15, -0.1) is 0 Å². The van der Waals surface area contributed by atoms with Crippen molar-refractivity contribution in [2.24, 2.45) is 11.8 Å². The summed E-state index contributed by atoms with van der Waals surface area (Å²) in [6.45, 7) is 2.58. The summed E-state index contributed by atoms with van der Waals surface area (Å²) >= 11 is 0. The largest absolute Gasteiger partial charge is 0.480 e. The Morgan fingerprint density at radius 3 is 2.71 bits per heavy atom. The number of aliphatic hydroxyl groups excluding tert-OH is 1. The molecule has 3 atom stereocenters. The van der Waals surface area contributed by atoms with Crippen LogP contribution < -0.4 is 5.32 Å². The molecule has 0 radical (unpaired) electrons. The highest BCUT2D eigenvalue weighted by atomic mass is 16.4. The second-order valence-electron chi connectivity index (χ2n) is 4.10. The van der Waals surface area contributed by atoms with Gasteiger partial charge in [0.25, 0.3) is 0 Å². The number of aliphatic hydroxyl groups is 1. The quantitative estimate of drug-likeness (QED) is 0.604. The van der Waals surface area contributed by atoms with Crippen molar-refractivity contribution in [3.8, 4) is 0 Å². The molecule has 0 saturated heterocycles. The molecule has 1 rings (SSSR count). The summed E-state index contributed by atoms with van der Waals surface area (Å²) in [5.74, 6) is -0.00570. The van der Waals surface area contributed by atoms with Crippen LogP contribution in [-0.2, 0) is 4.79 Å². The number of rotatable bonds is 5. The maximum atomic E-state index is 10.5. The third-order valence-corrected chi connectivity index (χ3v) is 3.11. The fourth-order valence-electron chi connectivity index (χ4n) is 2.04. The lowest BCUT2D eigenvalue weighted by Gasteiger charge is -2.19. The Labute approximate surface area is 84.3 Å². The van der Waals surface area contributed by atoms with Gasteiger partial charge in [-0.05, 0) is 38.1 Å². The molecule has 3 N–H and O–H groups in total. The van der Waals surface area contributed by atoms with Crippen molar-refractivity contribution in [1.29, 1.82) is 0 Å². The van der Waals surface area contributed by atoms with Crippen molar-refractivity contribution in [2.75, 3.05) is 13.2 Å². The minimum absolute atomic E-state index is 0.230. The first kappa shape index (κ1) is 11.5. The van der Waals surface area contributed by atoms with E-state index < -0.39 is 12.0 Å². The summed E-state index contributed by atoms with van der Waals surface area (Å²) in [4.78, 5) is 10.5. The number of carboxylic acid groups (broad SMARTS) is 1. The van der Waals surface area contributed by atoms with Crippen molar-refractivity contribution >= 4 is 5.97 Å². The topological polar surface area (TPSA) is 69.6 Å². The predicted molar refractivity (Wildman–Crippen MR) is 53.0 cm³/mol. The SMILES string of the molecule is CC(NCC1CCCC1CO)C(=O)O. The third kappa shape index (κ3) is 2.96. The van der Waals surface area contributed by atoms with E-state index >= 15 is 0 Å². The highest BCUT2D eigenvalue weighted by Crippen LogP contribution is 2.30. The van der Waals surface area contributed by atoms with Crippen LogP contribution in [0.4, 0.5) is 0 Å². The van der Waals surface area contributed by atoms with Gasteiger partial charge in [-0.25, -0.2) is 0 Å². The zero-order valence-electron chi connectivity index (χ0n) is 8.57. The number of hydrogen-bond acceptors (Lipinski definition) is 3.